The number of carbonyl (C=O) groups is 2. The lowest BCUT2D eigenvalue weighted by Gasteiger charge is -2.38. The van der Waals surface area contributed by atoms with Crippen LogP contribution in [0.15, 0.2) is 48.8 Å². The number of aromatic amines is 1. The molecule has 1 aromatic heterocycles. The van der Waals surface area contributed by atoms with E-state index in [0.717, 1.165) is 18.8 Å². The lowest BCUT2D eigenvalue weighted by Crippen LogP contribution is -2.56. The van der Waals surface area contributed by atoms with E-state index in [1.807, 2.05) is 67.5 Å². The van der Waals surface area contributed by atoms with Gasteiger partial charge < -0.3 is 15.1 Å². The van der Waals surface area contributed by atoms with Crippen LogP contribution in [0.4, 0.5) is 5.69 Å². The maximum absolute atomic E-state index is 13.2. The summed E-state index contributed by atoms with van der Waals surface area (Å²) < 4.78 is 0. The quantitative estimate of drug-likeness (QED) is 0.804. The minimum absolute atomic E-state index is 0.00398. The van der Waals surface area contributed by atoms with Gasteiger partial charge in [0.2, 0.25) is 5.91 Å². The van der Waals surface area contributed by atoms with Crippen LogP contribution in [0.25, 0.3) is 0 Å². The molecule has 6 nitrogen and oxygen atoms in total. The van der Waals surface area contributed by atoms with Gasteiger partial charge >= 0.3 is 0 Å². The Morgan fingerprint density at radius 3 is 2.03 bits per heavy atom. The Kier molecular flexibility index (Phi) is 6.98. The molecule has 2 N–H and O–H groups in total. The van der Waals surface area contributed by atoms with Gasteiger partial charge in [-0.25, -0.2) is 4.98 Å². The highest BCUT2D eigenvalue weighted by atomic mass is 16.2. The van der Waals surface area contributed by atoms with Crippen molar-refractivity contribution in [1.82, 2.24) is 10.2 Å². The molecule has 0 aliphatic carbocycles. The lowest BCUT2D eigenvalue weighted by molar-refractivity contribution is -0.377. The number of hydrogen-bond acceptors (Lipinski definition) is 3. The van der Waals surface area contributed by atoms with Crippen LogP contribution < -0.4 is 15.2 Å². The molecule has 2 aromatic rings. The smallest absolute Gasteiger partial charge is 0.251 e. The number of pyridine rings is 1. The number of rotatable bonds is 5. The molecule has 0 bridgehead atoms. The highest BCUT2D eigenvalue weighted by Gasteiger charge is 2.31. The molecule has 166 valence electrons. The van der Waals surface area contributed by atoms with Gasteiger partial charge in [-0.2, -0.15) is 0 Å². The molecule has 1 atom stereocenters. The van der Waals surface area contributed by atoms with E-state index < -0.39 is 6.04 Å². The SMILES string of the molecule is CC(C)[C@H](NC(=O)c1ccc(C(C)(C)C)cc1)C(=O)N1CCN(c2cc[nH+]cc2)CC1. The number of hydrogen-bond donors (Lipinski definition) is 1. The van der Waals surface area contributed by atoms with Crippen molar-refractivity contribution in [1.29, 1.82) is 0 Å². The monoisotopic (exact) mass is 423 g/mol. The second kappa shape index (κ2) is 9.50. The highest BCUT2D eigenvalue weighted by molar-refractivity contribution is 5.97. The number of carbonyl (C=O) groups excluding carboxylic acids is 2. The van der Waals surface area contributed by atoms with Crippen molar-refractivity contribution in [2.45, 2.75) is 46.1 Å². The number of piperazine rings is 1. The molecule has 1 fully saturated rings. The zero-order valence-corrected chi connectivity index (χ0v) is 19.3. The fourth-order valence-electron chi connectivity index (χ4n) is 3.83. The molecule has 0 unspecified atom stereocenters. The van der Waals surface area contributed by atoms with Gasteiger partial charge in [0.25, 0.3) is 5.91 Å². The number of H-pyrrole nitrogens is 1. The summed E-state index contributed by atoms with van der Waals surface area (Å²) in [6.45, 7) is 13.2. The Hall–Kier alpha value is -2.89. The summed E-state index contributed by atoms with van der Waals surface area (Å²) >= 11 is 0. The number of amides is 2. The molecular formula is C25H35N4O2+. The Bertz CT molecular complexity index is 880. The van der Waals surface area contributed by atoms with E-state index in [-0.39, 0.29) is 23.1 Å². The van der Waals surface area contributed by atoms with Crippen molar-refractivity contribution < 1.29 is 14.6 Å². The number of aromatic nitrogens is 1. The van der Waals surface area contributed by atoms with Gasteiger partial charge in [-0.3, -0.25) is 9.59 Å². The minimum Gasteiger partial charge on any atom is -0.368 e. The summed E-state index contributed by atoms with van der Waals surface area (Å²) in [6, 6.07) is 11.2. The van der Waals surface area contributed by atoms with E-state index in [9.17, 15) is 9.59 Å². The maximum atomic E-state index is 13.2. The van der Waals surface area contributed by atoms with Gasteiger partial charge in [0, 0.05) is 49.6 Å². The molecule has 0 saturated carbocycles. The summed E-state index contributed by atoms with van der Waals surface area (Å²) in [7, 11) is 0. The molecule has 1 saturated heterocycles. The van der Waals surface area contributed by atoms with E-state index in [4.69, 9.17) is 0 Å². The third kappa shape index (κ3) is 5.63. The molecule has 2 heterocycles. The van der Waals surface area contributed by atoms with E-state index in [1.54, 1.807) is 0 Å². The summed E-state index contributed by atoms with van der Waals surface area (Å²) in [6.07, 6.45) is 3.82. The number of benzene rings is 1. The van der Waals surface area contributed by atoms with Crippen LogP contribution >= 0.6 is 0 Å². The van der Waals surface area contributed by atoms with Crippen LogP contribution in [0.2, 0.25) is 0 Å². The fourth-order valence-corrected chi connectivity index (χ4v) is 3.83. The van der Waals surface area contributed by atoms with Gasteiger partial charge in [-0.15, -0.1) is 0 Å². The Morgan fingerprint density at radius 1 is 0.935 bits per heavy atom. The third-order valence-corrected chi connectivity index (χ3v) is 5.89. The number of nitrogens with one attached hydrogen (secondary N) is 2. The molecule has 6 heteroatoms. The number of nitrogens with zero attached hydrogens (tertiary/aromatic N) is 2. The minimum atomic E-state index is -0.535. The molecule has 0 radical (unpaired) electrons. The Morgan fingerprint density at radius 2 is 1.52 bits per heavy atom. The van der Waals surface area contributed by atoms with E-state index >= 15 is 0 Å². The fraction of sp³-hybridized carbons (Fsp3) is 0.480. The predicted octanol–water partition coefficient (Wildman–Crippen LogP) is 2.90. The van der Waals surface area contributed by atoms with Crippen molar-refractivity contribution in [2.24, 2.45) is 5.92 Å². The summed E-state index contributed by atoms with van der Waals surface area (Å²) in [5.41, 5.74) is 2.94. The molecule has 1 aliphatic rings. The Labute approximate surface area is 185 Å². The van der Waals surface area contributed by atoms with Gasteiger partial charge in [0.1, 0.15) is 6.04 Å². The molecule has 0 spiro atoms. The van der Waals surface area contributed by atoms with E-state index in [2.05, 4.69) is 36.0 Å². The molecular weight excluding hydrogens is 388 g/mol. The van der Waals surface area contributed by atoms with Crippen molar-refractivity contribution >= 4 is 17.5 Å². The van der Waals surface area contributed by atoms with Gasteiger partial charge in [0.15, 0.2) is 12.4 Å². The summed E-state index contributed by atoms with van der Waals surface area (Å²) in [5.74, 6) is -0.199. The molecule has 3 rings (SSSR count). The van der Waals surface area contributed by atoms with Gasteiger partial charge in [0.05, 0.1) is 0 Å². The van der Waals surface area contributed by atoms with Gasteiger partial charge in [-0.05, 0) is 29.0 Å². The maximum Gasteiger partial charge on any atom is 0.251 e. The van der Waals surface area contributed by atoms with E-state index in [0.29, 0.717) is 18.7 Å². The number of anilines is 1. The van der Waals surface area contributed by atoms with Crippen LogP contribution in [0.1, 0.15) is 50.5 Å². The van der Waals surface area contributed by atoms with Crippen LogP contribution in [-0.4, -0.2) is 48.9 Å². The predicted molar refractivity (Wildman–Crippen MR) is 123 cm³/mol. The van der Waals surface area contributed by atoms with Crippen molar-refractivity contribution in [3.05, 3.63) is 59.9 Å². The van der Waals surface area contributed by atoms with Crippen LogP contribution in [0, 0.1) is 5.92 Å². The van der Waals surface area contributed by atoms with Crippen molar-refractivity contribution in [2.75, 3.05) is 31.1 Å². The van der Waals surface area contributed by atoms with Crippen LogP contribution in [0.5, 0.6) is 0 Å². The average molecular weight is 424 g/mol. The largest absolute Gasteiger partial charge is 0.368 e. The van der Waals surface area contributed by atoms with Crippen LogP contribution in [0.3, 0.4) is 0 Å². The third-order valence-electron chi connectivity index (χ3n) is 5.89. The molecule has 2 amide bonds. The van der Waals surface area contributed by atoms with Crippen molar-refractivity contribution in [3.63, 3.8) is 0 Å². The first kappa shape index (κ1) is 22.8. The first-order chi connectivity index (χ1) is 14.7. The first-order valence-electron chi connectivity index (χ1n) is 11.1. The Balaban J connectivity index is 1.62. The lowest BCUT2D eigenvalue weighted by atomic mass is 9.86. The van der Waals surface area contributed by atoms with Gasteiger partial charge in [-0.1, -0.05) is 46.8 Å². The second-order valence-electron chi connectivity index (χ2n) is 9.59. The van der Waals surface area contributed by atoms with Crippen molar-refractivity contribution in [3.8, 4) is 0 Å². The van der Waals surface area contributed by atoms with E-state index in [1.165, 1.54) is 5.56 Å². The average Bonchev–Trinajstić information content (AvgIpc) is 2.77. The molecule has 1 aliphatic heterocycles. The van der Waals surface area contributed by atoms with Crippen LogP contribution in [-0.2, 0) is 10.2 Å². The summed E-state index contributed by atoms with van der Waals surface area (Å²) in [5, 5.41) is 2.98. The molecule has 1 aromatic carbocycles. The normalized spacial score (nSPS) is 15.7. The first-order valence-corrected chi connectivity index (χ1v) is 11.1. The molecule has 31 heavy (non-hydrogen) atoms. The topological polar surface area (TPSA) is 66.8 Å². The summed E-state index contributed by atoms with van der Waals surface area (Å²) in [4.78, 5) is 33.3. The second-order valence-corrected chi connectivity index (χ2v) is 9.59. The zero-order valence-electron chi connectivity index (χ0n) is 19.3. The standard InChI is InChI=1S/C25H34N4O2/c1-18(2)22(27-23(30)19-6-8-20(9-7-19)25(3,4)5)24(31)29-16-14-28(15-17-29)21-10-12-26-13-11-21/h6-13,18,22H,14-17H2,1-5H3,(H,27,30)/p+1/t22-/m0/s1. The zero-order chi connectivity index (χ0) is 22.6. The highest BCUT2D eigenvalue weighted by Crippen LogP contribution is 2.22.